The molecule has 7 heteroatoms. The van der Waals surface area contributed by atoms with E-state index in [1.165, 1.54) is 11.3 Å². The summed E-state index contributed by atoms with van der Waals surface area (Å²) >= 11 is 10.7. The van der Waals surface area contributed by atoms with Gasteiger partial charge in [-0.1, -0.05) is 11.6 Å². The molecule has 4 nitrogen and oxygen atoms in total. The van der Waals surface area contributed by atoms with Gasteiger partial charge >= 0.3 is 0 Å². The monoisotopic (exact) mass is 340 g/mol. The molecule has 17 heavy (non-hydrogen) atoms. The molecule has 0 aliphatic carbocycles. The van der Waals surface area contributed by atoms with E-state index in [0.29, 0.717) is 19.7 Å². The summed E-state index contributed by atoms with van der Waals surface area (Å²) in [4.78, 5) is 12.4. The van der Waals surface area contributed by atoms with Crippen molar-refractivity contribution in [3.8, 4) is 0 Å². The van der Waals surface area contributed by atoms with Gasteiger partial charge in [-0.2, -0.15) is 0 Å². The first kappa shape index (κ1) is 14.9. The van der Waals surface area contributed by atoms with E-state index in [4.69, 9.17) is 16.3 Å². The number of nitrogens with one attached hydrogen (secondary N) is 2. The molecule has 0 saturated carbocycles. The highest BCUT2D eigenvalue weighted by Gasteiger charge is 2.05. The van der Waals surface area contributed by atoms with Crippen LogP contribution in [0.15, 0.2) is 10.5 Å². The van der Waals surface area contributed by atoms with E-state index < -0.39 is 0 Å². The van der Waals surface area contributed by atoms with Gasteiger partial charge in [0.05, 0.1) is 13.2 Å². The summed E-state index contributed by atoms with van der Waals surface area (Å²) < 4.78 is 6.45. The van der Waals surface area contributed by atoms with Crippen molar-refractivity contribution in [1.82, 2.24) is 10.6 Å². The molecule has 1 amide bonds. The molecule has 0 atom stereocenters. The van der Waals surface area contributed by atoms with Gasteiger partial charge in [0.15, 0.2) is 0 Å². The summed E-state index contributed by atoms with van der Waals surface area (Å²) in [6.45, 7) is 1.98. The number of thiophene rings is 1. The summed E-state index contributed by atoms with van der Waals surface area (Å²) in [6, 6.07) is 1.95. The van der Waals surface area contributed by atoms with Crippen LogP contribution in [0.1, 0.15) is 4.88 Å². The number of amides is 1. The number of halogens is 2. The molecule has 2 N–H and O–H groups in total. The summed E-state index contributed by atoms with van der Waals surface area (Å²) in [5, 5.41) is 5.78. The van der Waals surface area contributed by atoms with Crippen molar-refractivity contribution < 1.29 is 9.53 Å². The molecular formula is C10H14BrClN2O2S. The molecule has 0 saturated heterocycles. The van der Waals surface area contributed by atoms with Gasteiger partial charge in [-0.3, -0.25) is 4.79 Å². The van der Waals surface area contributed by atoms with Crippen molar-refractivity contribution in [1.29, 1.82) is 0 Å². The Morgan fingerprint density at radius 2 is 2.41 bits per heavy atom. The van der Waals surface area contributed by atoms with Crippen LogP contribution in [-0.2, 0) is 16.1 Å². The first-order valence-corrected chi connectivity index (χ1v) is 7.02. The number of hydrogen-bond donors (Lipinski definition) is 2. The minimum Gasteiger partial charge on any atom is -0.383 e. The van der Waals surface area contributed by atoms with Gasteiger partial charge in [-0.05, 0) is 22.0 Å². The van der Waals surface area contributed by atoms with Crippen LogP contribution in [0, 0.1) is 0 Å². The number of rotatable bonds is 7. The normalized spacial score (nSPS) is 10.5. The van der Waals surface area contributed by atoms with Crippen LogP contribution in [-0.4, -0.2) is 32.7 Å². The molecule has 1 aromatic heterocycles. The molecule has 1 rings (SSSR count). The van der Waals surface area contributed by atoms with Crippen LogP contribution < -0.4 is 10.6 Å². The van der Waals surface area contributed by atoms with E-state index in [2.05, 4.69) is 26.6 Å². The van der Waals surface area contributed by atoms with Gasteiger partial charge in [0.1, 0.15) is 4.34 Å². The number of carbonyl (C=O) groups excluding carboxylic acids is 1. The number of carbonyl (C=O) groups is 1. The quantitative estimate of drug-likeness (QED) is 0.746. The van der Waals surface area contributed by atoms with Crippen LogP contribution in [0.25, 0.3) is 0 Å². The molecule has 0 bridgehead atoms. The van der Waals surface area contributed by atoms with Crippen LogP contribution in [0.2, 0.25) is 4.34 Å². The van der Waals surface area contributed by atoms with Crippen molar-refractivity contribution >= 4 is 44.8 Å². The maximum absolute atomic E-state index is 11.3. The predicted molar refractivity (Wildman–Crippen MR) is 73.6 cm³/mol. The average molecular weight is 342 g/mol. The fourth-order valence-corrected chi connectivity index (χ4v) is 2.89. The highest BCUT2D eigenvalue weighted by atomic mass is 79.9. The van der Waals surface area contributed by atoms with E-state index in [-0.39, 0.29) is 12.5 Å². The molecule has 1 aromatic rings. The Labute approximate surface area is 118 Å². The number of methoxy groups -OCH3 is 1. The molecular weight excluding hydrogens is 328 g/mol. The van der Waals surface area contributed by atoms with E-state index in [0.717, 1.165) is 13.7 Å². The second-order valence-corrected chi connectivity index (χ2v) is 5.87. The van der Waals surface area contributed by atoms with Crippen molar-refractivity contribution in [2.75, 3.05) is 26.8 Å². The van der Waals surface area contributed by atoms with Gasteiger partial charge < -0.3 is 15.4 Å². The van der Waals surface area contributed by atoms with Crippen LogP contribution in [0.4, 0.5) is 0 Å². The van der Waals surface area contributed by atoms with Crippen molar-refractivity contribution in [3.05, 3.63) is 19.8 Å². The van der Waals surface area contributed by atoms with Crippen molar-refractivity contribution in [2.24, 2.45) is 0 Å². The van der Waals surface area contributed by atoms with Crippen molar-refractivity contribution in [2.45, 2.75) is 6.54 Å². The highest BCUT2D eigenvalue weighted by Crippen LogP contribution is 2.31. The maximum atomic E-state index is 11.3. The lowest BCUT2D eigenvalue weighted by Crippen LogP contribution is -2.35. The molecule has 0 aliphatic heterocycles. The molecule has 0 aliphatic rings. The van der Waals surface area contributed by atoms with Gasteiger partial charge in [0, 0.05) is 29.5 Å². The average Bonchev–Trinajstić information content (AvgIpc) is 2.59. The lowest BCUT2D eigenvalue weighted by Gasteiger charge is -2.05. The van der Waals surface area contributed by atoms with Gasteiger partial charge in [0.25, 0.3) is 0 Å². The maximum Gasteiger partial charge on any atom is 0.234 e. The number of ether oxygens (including phenoxy) is 1. The molecule has 1 heterocycles. The Bertz CT molecular complexity index is 354. The van der Waals surface area contributed by atoms with E-state index in [9.17, 15) is 4.79 Å². The van der Waals surface area contributed by atoms with Crippen LogP contribution in [0.5, 0.6) is 0 Å². The molecule has 0 aromatic carbocycles. The predicted octanol–water partition coefficient (Wildman–Crippen LogP) is 2.02. The molecule has 0 radical (unpaired) electrons. The van der Waals surface area contributed by atoms with Crippen LogP contribution >= 0.6 is 38.9 Å². The third kappa shape index (κ3) is 5.83. The van der Waals surface area contributed by atoms with E-state index >= 15 is 0 Å². The fraction of sp³-hybridized carbons (Fsp3) is 0.500. The largest absolute Gasteiger partial charge is 0.383 e. The first-order valence-electron chi connectivity index (χ1n) is 5.03. The Hall–Kier alpha value is -0.140. The Morgan fingerprint density at radius 3 is 3.00 bits per heavy atom. The van der Waals surface area contributed by atoms with Gasteiger partial charge in [-0.25, -0.2) is 0 Å². The SMILES string of the molecule is COCCNC(=O)CNCc1cc(Br)c(Cl)s1. The Balaban J connectivity index is 2.17. The zero-order valence-electron chi connectivity index (χ0n) is 9.39. The second kappa shape index (κ2) is 8.05. The Morgan fingerprint density at radius 1 is 1.65 bits per heavy atom. The Kier molecular flexibility index (Phi) is 7.06. The first-order chi connectivity index (χ1) is 8.13. The lowest BCUT2D eigenvalue weighted by atomic mass is 10.4. The highest BCUT2D eigenvalue weighted by molar-refractivity contribution is 9.10. The molecule has 0 unspecified atom stereocenters. The standard InChI is InChI=1S/C10H14BrClN2O2S/c1-16-3-2-14-9(15)6-13-5-7-4-8(11)10(12)17-7/h4,13H,2-3,5-6H2,1H3,(H,14,15). The zero-order valence-corrected chi connectivity index (χ0v) is 12.5. The lowest BCUT2D eigenvalue weighted by molar-refractivity contribution is -0.120. The molecule has 0 fully saturated rings. The summed E-state index contributed by atoms with van der Waals surface area (Å²) in [5.41, 5.74) is 0. The molecule has 96 valence electrons. The topological polar surface area (TPSA) is 50.4 Å². The minimum atomic E-state index is -0.0382. The third-order valence-electron chi connectivity index (χ3n) is 1.91. The van der Waals surface area contributed by atoms with E-state index in [1.807, 2.05) is 6.07 Å². The summed E-state index contributed by atoms with van der Waals surface area (Å²) in [6.07, 6.45) is 0. The zero-order chi connectivity index (χ0) is 12.7. The van der Waals surface area contributed by atoms with E-state index in [1.54, 1.807) is 7.11 Å². The fourth-order valence-electron chi connectivity index (χ4n) is 1.13. The van der Waals surface area contributed by atoms with Gasteiger partial charge in [0.2, 0.25) is 5.91 Å². The summed E-state index contributed by atoms with van der Waals surface area (Å²) in [5.74, 6) is -0.0382. The summed E-state index contributed by atoms with van der Waals surface area (Å²) in [7, 11) is 1.60. The molecule has 0 spiro atoms. The van der Waals surface area contributed by atoms with Gasteiger partial charge in [-0.15, -0.1) is 11.3 Å². The third-order valence-corrected chi connectivity index (χ3v) is 4.38. The smallest absolute Gasteiger partial charge is 0.234 e. The second-order valence-electron chi connectivity index (χ2n) is 3.28. The van der Waals surface area contributed by atoms with Crippen molar-refractivity contribution in [3.63, 3.8) is 0 Å². The van der Waals surface area contributed by atoms with Crippen LogP contribution in [0.3, 0.4) is 0 Å². The minimum absolute atomic E-state index is 0.0382. The number of hydrogen-bond acceptors (Lipinski definition) is 4.